The van der Waals surface area contributed by atoms with Crippen LogP contribution in [0.5, 0.6) is 0 Å². The highest BCUT2D eigenvalue weighted by atomic mass is 16.2. The predicted molar refractivity (Wildman–Crippen MR) is 74.9 cm³/mol. The molecule has 0 atom stereocenters. The van der Waals surface area contributed by atoms with Crippen LogP contribution >= 0.6 is 0 Å². The number of urea groups is 1. The van der Waals surface area contributed by atoms with Gasteiger partial charge in [-0.25, -0.2) is 9.78 Å². The summed E-state index contributed by atoms with van der Waals surface area (Å²) in [4.78, 5) is 18.1. The molecule has 2 amide bonds. The molecule has 0 bridgehead atoms. The Morgan fingerprint density at radius 3 is 2.95 bits per heavy atom. The molecule has 0 spiro atoms. The molecule has 0 saturated carbocycles. The van der Waals surface area contributed by atoms with E-state index in [1.165, 1.54) is 0 Å². The first kappa shape index (κ1) is 13.4. The fourth-order valence-electron chi connectivity index (χ4n) is 1.96. The number of hydrogen-bond donors (Lipinski definition) is 1. The number of nitrogens with one attached hydrogen (secondary N) is 1. The monoisotopic (exact) mass is 260 g/mol. The molecule has 102 valence electrons. The number of fused-ring (bicyclic) bond motifs is 1. The van der Waals surface area contributed by atoms with Crippen LogP contribution in [0.2, 0.25) is 0 Å². The minimum absolute atomic E-state index is 0.0385. The third-order valence-corrected chi connectivity index (χ3v) is 2.93. The number of hydrogen-bond acceptors (Lipinski definition) is 2. The maximum Gasteiger partial charge on any atom is 0.317 e. The topological polar surface area (TPSA) is 49.6 Å². The van der Waals surface area contributed by atoms with Crippen LogP contribution in [0.1, 0.15) is 26.5 Å². The van der Waals surface area contributed by atoms with Crippen molar-refractivity contribution in [2.45, 2.75) is 33.4 Å². The molecule has 0 aliphatic carbocycles. The Labute approximate surface area is 113 Å². The summed E-state index contributed by atoms with van der Waals surface area (Å²) >= 11 is 0. The number of carbonyl (C=O) groups excluding carboxylic acids is 1. The number of aromatic nitrogens is 2. The van der Waals surface area contributed by atoms with E-state index in [0.717, 1.165) is 11.3 Å². The first-order valence-corrected chi connectivity index (χ1v) is 6.58. The van der Waals surface area contributed by atoms with E-state index < -0.39 is 0 Å². The van der Waals surface area contributed by atoms with Crippen LogP contribution in [0.3, 0.4) is 0 Å². The summed E-state index contributed by atoms with van der Waals surface area (Å²) in [6.07, 6.45) is 3.78. The van der Waals surface area contributed by atoms with E-state index in [9.17, 15) is 4.79 Å². The molecule has 0 fully saturated rings. The number of nitrogens with zero attached hydrogens (tertiary/aromatic N) is 3. The highest BCUT2D eigenvalue weighted by molar-refractivity contribution is 5.74. The summed E-state index contributed by atoms with van der Waals surface area (Å²) in [6.45, 7) is 7.11. The number of imidazole rings is 1. The second-order valence-corrected chi connectivity index (χ2v) is 4.80. The summed E-state index contributed by atoms with van der Waals surface area (Å²) in [6, 6.07) is 5.97. The second-order valence-electron chi connectivity index (χ2n) is 4.80. The zero-order valence-electron chi connectivity index (χ0n) is 11.6. The molecule has 0 aliphatic rings. The van der Waals surface area contributed by atoms with E-state index in [4.69, 9.17) is 0 Å². The van der Waals surface area contributed by atoms with E-state index in [0.29, 0.717) is 13.1 Å². The number of amides is 2. The number of pyridine rings is 1. The number of carbonyl (C=O) groups is 1. The quantitative estimate of drug-likeness (QED) is 0.916. The van der Waals surface area contributed by atoms with Crippen LogP contribution in [0.25, 0.3) is 5.65 Å². The van der Waals surface area contributed by atoms with Crippen LogP contribution in [-0.4, -0.2) is 32.9 Å². The molecule has 5 nitrogen and oxygen atoms in total. The summed E-state index contributed by atoms with van der Waals surface area (Å²) in [5.41, 5.74) is 1.91. The van der Waals surface area contributed by atoms with Gasteiger partial charge in [-0.05, 0) is 32.9 Å². The minimum Gasteiger partial charge on any atom is -0.336 e. The second kappa shape index (κ2) is 5.73. The summed E-state index contributed by atoms with van der Waals surface area (Å²) < 4.78 is 2.01. The maximum atomic E-state index is 12.0. The van der Waals surface area contributed by atoms with Crippen molar-refractivity contribution < 1.29 is 4.79 Å². The average molecular weight is 260 g/mol. The smallest absolute Gasteiger partial charge is 0.317 e. The normalized spacial score (nSPS) is 10.9. The van der Waals surface area contributed by atoms with Gasteiger partial charge in [0.05, 0.1) is 18.4 Å². The van der Waals surface area contributed by atoms with Crippen molar-refractivity contribution in [2.75, 3.05) is 6.54 Å². The molecule has 0 aliphatic heterocycles. The molecule has 2 aromatic rings. The van der Waals surface area contributed by atoms with Gasteiger partial charge in [0.1, 0.15) is 5.65 Å². The van der Waals surface area contributed by atoms with Gasteiger partial charge in [-0.2, -0.15) is 0 Å². The molecule has 2 aromatic heterocycles. The van der Waals surface area contributed by atoms with E-state index in [1.807, 2.05) is 55.8 Å². The molecule has 0 unspecified atom stereocenters. The highest BCUT2D eigenvalue weighted by Crippen LogP contribution is 2.09. The first-order chi connectivity index (χ1) is 9.11. The SMILES string of the molecule is CCN(Cc1cnc2ccccn12)C(=O)NC(C)C. The summed E-state index contributed by atoms with van der Waals surface area (Å²) in [7, 11) is 0. The highest BCUT2D eigenvalue weighted by Gasteiger charge is 2.14. The molecular weight excluding hydrogens is 240 g/mol. The van der Waals surface area contributed by atoms with Gasteiger partial charge in [0, 0.05) is 18.8 Å². The molecule has 0 aromatic carbocycles. The van der Waals surface area contributed by atoms with Gasteiger partial charge in [-0.3, -0.25) is 0 Å². The lowest BCUT2D eigenvalue weighted by Gasteiger charge is -2.22. The fraction of sp³-hybridized carbons (Fsp3) is 0.429. The minimum atomic E-state index is -0.0385. The standard InChI is InChI=1S/C14H20N4O/c1-4-17(14(19)16-11(2)3)10-12-9-15-13-7-5-6-8-18(12)13/h5-9,11H,4,10H2,1-3H3,(H,16,19). The Bertz CT molecular complexity index is 561. The van der Waals surface area contributed by atoms with Gasteiger partial charge < -0.3 is 14.6 Å². The molecule has 19 heavy (non-hydrogen) atoms. The molecule has 2 heterocycles. The third-order valence-electron chi connectivity index (χ3n) is 2.93. The lowest BCUT2D eigenvalue weighted by Crippen LogP contribution is -2.42. The predicted octanol–water partition coefficient (Wildman–Crippen LogP) is 2.27. The Hall–Kier alpha value is -2.04. The summed E-state index contributed by atoms with van der Waals surface area (Å²) in [5, 5.41) is 2.91. The molecule has 5 heteroatoms. The van der Waals surface area contributed by atoms with Crippen molar-refractivity contribution in [3.8, 4) is 0 Å². The molecule has 2 rings (SSSR count). The lowest BCUT2D eigenvalue weighted by atomic mass is 10.3. The first-order valence-electron chi connectivity index (χ1n) is 6.58. The Morgan fingerprint density at radius 1 is 1.47 bits per heavy atom. The average Bonchev–Trinajstić information content (AvgIpc) is 2.78. The Kier molecular flexibility index (Phi) is 4.04. The van der Waals surface area contributed by atoms with Gasteiger partial charge in [0.2, 0.25) is 0 Å². The molecular formula is C14H20N4O. The molecule has 0 radical (unpaired) electrons. The van der Waals surface area contributed by atoms with Crippen molar-refractivity contribution in [3.63, 3.8) is 0 Å². The zero-order chi connectivity index (χ0) is 13.8. The Balaban J connectivity index is 2.16. The van der Waals surface area contributed by atoms with Crippen LogP contribution in [0, 0.1) is 0 Å². The maximum absolute atomic E-state index is 12.0. The zero-order valence-corrected chi connectivity index (χ0v) is 11.6. The van der Waals surface area contributed by atoms with E-state index >= 15 is 0 Å². The largest absolute Gasteiger partial charge is 0.336 e. The van der Waals surface area contributed by atoms with Gasteiger partial charge >= 0.3 is 6.03 Å². The van der Waals surface area contributed by atoms with Crippen molar-refractivity contribution in [2.24, 2.45) is 0 Å². The van der Waals surface area contributed by atoms with Gasteiger partial charge in [-0.1, -0.05) is 6.07 Å². The van der Waals surface area contributed by atoms with Crippen LogP contribution < -0.4 is 5.32 Å². The van der Waals surface area contributed by atoms with Gasteiger partial charge in [0.25, 0.3) is 0 Å². The Morgan fingerprint density at radius 2 is 2.26 bits per heavy atom. The van der Waals surface area contributed by atoms with Crippen LogP contribution in [0.4, 0.5) is 4.79 Å². The molecule has 1 N–H and O–H groups in total. The van der Waals surface area contributed by atoms with Gasteiger partial charge in [-0.15, -0.1) is 0 Å². The number of rotatable bonds is 4. The van der Waals surface area contributed by atoms with E-state index in [2.05, 4.69) is 10.3 Å². The van der Waals surface area contributed by atoms with Crippen molar-refractivity contribution in [1.29, 1.82) is 0 Å². The summed E-state index contributed by atoms with van der Waals surface area (Å²) in [5.74, 6) is 0. The molecule has 0 saturated heterocycles. The fourth-order valence-corrected chi connectivity index (χ4v) is 1.96. The van der Waals surface area contributed by atoms with Crippen molar-refractivity contribution >= 4 is 11.7 Å². The van der Waals surface area contributed by atoms with Gasteiger partial charge in [0.15, 0.2) is 0 Å². The van der Waals surface area contributed by atoms with Crippen LogP contribution in [-0.2, 0) is 6.54 Å². The third kappa shape index (κ3) is 3.05. The van der Waals surface area contributed by atoms with E-state index in [-0.39, 0.29) is 12.1 Å². The van der Waals surface area contributed by atoms with E-state index in [1.54, 1.807) is 4.90 Å². The van der Waals surface area contributed by atoms with Crippen molar-refractivity contribution in [3.05, 3.63) is 36.3 Å². The lowest BCUT2D eigenvalue weighted by molar-refractivity contribution is 0.195. The van der Waals surface area contributed by atoms with Crippen molar-refractivity contribution in [1.82, 2.24) is 19.6 Å². The van der Waals surface area contributed by atoms with Crippen LogP contribution in [0.15, 0.2) is 30.6 Å².